The molecule has 30 heavy (non-hydrogen) atoms. The summed E-state index contributed by atoms with van der Waals surface area (Å²) in [4.78, 5) is 4.73. The summed E-state index contributed by atoms with van der Waals surface area (Å²) in [6.07, 6.45) is 6.25. The smallest absolute Gasteiger partial charge is 0.196 e. The summed E-state index contributed by atoms with van der Waals surface area (Å²) in [5.74, 6) is 3.06. The molecule has 4 rings (SSSR count). The number of ether oxygens (including phenoxy) is 3. The molecule has 1 saturated carbocycles. The monoisotopic (exact) mass is 413 g/mol. The first-order valence-electron chi connectivity index (χ1n) is 10.8. The van der Waals surface area contributed by atoms with Gasteiger partial charge in [0.15, 0.2) is 17.5 Å². The lowest BCUT2D eigenvalue weighted by atomic mass is 10.2. The Balaban J connectivity index is 1.35. The van der Waals surface area contributed by atoms with Crippen molar-refractivity contribution in [3.63, 3.8) is 0 Å². The van der Waals surface area contributed by atoms with Gasteiger partial charge in [-0.2, -0.15) is 5.10 Å². The number of hydrogen-bond acceptors (Lipinski definition) is 5. The average Bonchev–Trinajstić information content (AvgIpc) is 3.53. The molecule has 0 radical (unpaired) electrons. The van der Waals surface area contributed by atoms with Gasteiger partial charge in [-0.05, 0) is 43.4 Å². The van der Waals surface area contributed by atoms with E-state index in [1.807, 2.05) is 36.0 Å². The Kier molecular flexibility index (Phi) is 7.07. The number of nitrogens with zero attached hydrogens (tertiary/aromatic N) is 3. The van der Waals surface area contributed by atoms with E-state index in [-0.39, 0.29) is 0 Å². The molecule has 8 heteroatoms. The molecule has 0 spiro atoms. The van der Waals surface area contributed by atoms with Crippen molar-refractivity contribution in [1.82, 2.24) is 15.1 Å². The molecule has 1 aromatic heterocycles. The molecular formula is C22H31N5O3. The van der Waals surface area contributed by atoms with Crippen LogP contribution in [0.25, 0.3) is 0 Å². The Morgan fingerprint density at radius 1 is 1.23 bits per heavy atom. The number of fused-ring (bicyclic) bond motifs is 1. The molecule has 1 aliphatic carbocycles. The topological polar surface area (TPSA) is 81.9 Å². The molecule has 0 amide bonds. The largest absolute Gasteiger partial charge is 0.490 e. The molecule has 0 bridgehead atoms. The fraction of sp³-hybridized carbons (Fsp3) is 0.545. The van der Waals surface area contributed by atoms with Crippen molar-refractivity contribution in [1.29, 1.82) is 0 Å². The Morgan fingerprint density at radius 2 is 2.10 bits per heavy atom. The second-order valence-electron chi connectivity index (χ2n) is 7.75. The van der Waals surface area contributed by atoms with Crippen molar-refractivity contribution >= 4 is 11.6 Å². The third-order valence-electron chi connectivity index (χ3n) is 5.14. The lowest BCUT2D eigenvalue weighted by molar-refractivity contribution is 0.123. The van der Waals surface area contributed by atoms with E-state index in [1.54, 1.807) is 6.20 Å². The predicted molar refractivity (Wildman–Crippen MR) is 116 cm³/mol. The molecule has 1 aliphatic heterocycles. The number of hydrogen-bond donors (Lipinski definition) is 2. The quantitative estimate of drug-likeness (QED) is 0.374. The highest BCUT2D eigenvalue weighted by molar-refractivity contribution is 5.93. The Morgan fingerprint density at radius 3 is 2.90 bits per heavy atom. The molecule has 2 N–H and O–H groups in total. The van der Waals surface area contributed by atoms with E-state index in [2.05, 4.69) is 15.7 Å². The molecule has 162 valence electrons. The van der Waals surface area contributed by atoms with Crippen molar-refractivity contribution in [2.45, 2.75) is 32.2 Å². The number of aryl methyl sites for hydroxylation is 1. The maximum absolute atomic E-state index is 5.80. The predicted octanol–water partition coefficient (Wildman–Crippen LogP) is 2.96. The van der Waals surface area contributed by atoms with Crippen molar-refractivity contribution in [3.8, 4) is 11.5 Å². The maximum Gasteiger partial charge on any atom is 0.196 e. The van der Waals surface area contributed by atoms with Gasteiger partial charge in [0.05, 0.1) is 25.5 Å². The van der Waals surface area contributed by atoms with Crippen LogP contribution in [0.4, 0.5) is 5.69 Å². The van der Waals surface area contributed by atoms with Crippen LogP contribution < -0.4 is 20.1 Å². The fourth-order valence-electron chi connectivity index (χ4n) is 3.15. The maximum atomic E-state index is 5.80. The zero-order valence-corrected chi connectivity index (χ0v) is 17.6. The van der Waals surface area contributed by atoms with Crippen molar-refractivity contribution in [3.05, 3.63) is 36.2 Å². The van der Waals surface area contributed by atoms with Gasteiger partial charge in [0.25, 0.3) is 0 Å². The summed E-state index contributed by atoms with van der Waals surface area (Å²) in [7, 11) is 1.92. The number of nitrogens with one attached hydrogen (secondary N) is 2. The van der Waals surface area contributed by atoms with Gasteiger partial charge in [0.1, 0.15) is 0 Å². The molecule has 0 saturated heterocycles. The molecule has 0 atom stereocenters. The lowest BCUT2D eigenvalue weighted by Gasteiger charge is -2.15. The van der Waals surface area contributed by atoms with Crippen LogP contribution in [-0.4, -0.2) is 48.7 Å². The molecule has 2 aliphatic rings. The number of aliphatic imine (C=N–C) groups is 1. The third kappa shape index (κ3) is 6.13. The minimum absolute atomic E-state index is 0.536. The number of guanidine groups is 1. The Bertz CT molecular complexity index is 847. The van der Waals surface area contributed by atoms with Gasteiger partial charge in [0, 0.05) is 51.2 Å². The fourth-order valence-corrected chi connectivity index (χ4v) is 3.15. The number of aromatic nitrogens is 2. The van der Waals surface area contributed by atoms with E-state index in [4.69, 9.17) is 19.2 Å². The third-order valence-corrected chi connectivity index (χ3v) is 5.14. The van der Waals surface area contributed by atoms with E-state index in [0.717, 1.165) is 61.4 Å². The molecule has 1 aromatic carbocycles. The van der Waals surface area contributed by atoms with Gasteiger partial charge in [-0.1, -0.05) is 0 Å². The SMILES string of the molecule is Cn1nccc1CN=C(NCCCOCC1CC1)Nc1ccc2c(c1)OCCCO2. The van der Waals surface area contributed by atoms with Gasteiger partial charge in [0.2, 0.25) is 0 Å². The van der Waals surface area contributed by atoms with Crippen LogP contribution in [0.5, 0.6) is 11.5 Å². The van der Waals surface area contributed by atoms with Gasteiger partial charge in [-0.25, -0.2) is 4.99 Å². The normalized spacial score (nSPS) is 16.2. The molecule has 0 unspecified atom stereocenters. The number of anilines is 1. The van der Waals surface area contributed by atoms with Crippen molar-refractivity contribution < 1.29 is 14.2 Å². The van der Waals surface area contributed by atoms with Crippen LogP contribution in [0.2, 0.25) is 0 Å². The number of benzene rings is 1. The average molecular weight is 414 g/mol. The van der Waals surface area contributed by atoms with Crippen molar-refractivity contribution in [2.75, 3.05) is 38.3 Å². The summed E-state index contributed by atoms with van der Waals surface area (Å²) in [6, 6.07) is 7.85. The highest BCUT2D eigenvalue weighted by Crippen LogP contribution is 2.32. The van der Waals surface area contributed by atoms with Crippen LogP contribution >= 0.6 is 0 Å². The molecule has 8 nitrogen and oxygen atoms in total. The first kappa shape index (κ1) is 20.5. The minimum atomic E-state index is 0.536. The van der Waals surface area contributed by atoms with Gasteiger partial charge < -0.3 is 24.8 Å². The standard InChI is InChI=1S/C22H31N5O3/c1-27-19(8-10-25-27)15-24-22(23-9-2-11-28-16-17-4-5-17)26-18-6-7-20-21(14-18)30-13-3-12-29-20/h6-8,10,14,17H,2-5,9,11-13,15-16H2,1H3,(H2,23,24,26). The molecular weight excluding hydrogens is 382 g/mol. The first-order chi connectivity index (χ1) is 14.8. The van der Waals surface area contributed by atoms with E-state index >= 15 is 0 Å². The van der Waals surface area contributed by atoms with Crippen LogP contribution in [0, 0.1) is 5.92 Å². The Labute approximate surface area is 177 Å². The molecule has 2 heterocycles. The summed E-state index contributed by atoms with van der Waals surface area (Å²) in [5.41, 5.74) is 1.95. The second-order valence-corrected chi connectivity index (χ2v) is 7.75. The highest BCUT2D eigenvalue weighted by atomic mass is 16.5. The number of rotatable bonds is 9. The van der Waals surface area contributed by atoms with E-state index < -0.39 is 0 Å². The van der Waals surface area contributed by atoms with Crippen LogP contribution in [0.1, 0.15) is 31.4 Å². The van der Waals surface area contributed by atoms with E-state index in [9.17, 15) is 0 Å². The lowest BCUT2D eigenvalue weighted by Crippen LogP contribution is -2.32. The summed E-state index contributed by atoms with van der Waals surface area (Å²) < 4.78 is 19.1. The zero-order chi connectivity index (χ0) is 20.6. The first-order valence-corrected chi connectivity index (χ1v) is 10.8. The van der Waals surface area contributed by atoms with E-state index in [0.29, 0.717) is 25.7 Å². The van der Waals surface area contributed by atoms with Crippen LogP contribution in [0.3, 0.4) is 0 Å². The summed E-state index contributed by atoms with van der Waals surface area (Å²) in [6.45, 7) is 4.33. The van der Waals surface area contributed by atoms with Gasteiger partial charge in [-0.3, -0.25) is 4.68 Å². The minimum Gasteiger partial charge on any atom is -0.490 e. The molecule has 2 aromatic rings. The van der Waals surface area contributed by atoms with Gasteiger partial charge in [-0.15, -0.1) is 0 Å². The molecule has 1 fully saturated rings. The summed E-state index contributed by atoms with van der Waals surface area (Å²) >= 11 is 0. The van der Waals surface area contributed by atoms with Crippen LogP contribution in [0.15, 0.2) is 35.5 Å². The van der Waals surface area contributed by atoms with Gasteiger partial charge >= 0.3 is 0 Å². The van der Waals surface area contributed by atoms with Crippen molar-refractivity contribution in [2.24, 2.45) is 18.0 Å². The summed E-state index contributed by atoms with van der Waals surface area (Å²) in [5, 5.41) is 11.0. The Hall–Kier alpha value is -2.74. The zero-order valence-electron chi connectivity index (χ0n) is 17.6. The van der Waals surface area contributed by atoms with Crippen LogP contribution in [-0.2, 0) is 18.3 Å². The highest BCUT2D eigenvalue weighted by Gasteiger charge is 2.20. The van der Waals surface area contributed by atoms with E-state index in [1.165, 1.54) is 12.8 Å². The second kappa shape index (κ2) is 10.3.